The third-order valence-corrected chi connectivity index (χ3v) is 1.13. The first-order valence-corrected chi connectivity index (χ1v) is 3.98. The SMILES string of the molecule is C=CC(=O)OB(OC(=O)C(=O)O)OC(=O)C(=O)O.[LiH]. The van der Waals surface area contributed by atoms with E-state index in [1.165, 1.54) is 0 Å². The minimum absolute atomic E-state index is 0. The number of hydrogen-bond acceptors (Lipinski definition) is 8. The molecule has 98 valence electrons. The van der Waals surface area contributed by atoms with Gasteiger partial charge in [-0.25, -0.2) is 24.0 Å². The van der Waals surface area contributed by atoms with E-state index in [4.69, 9.17) is 10.2 Å². The van der Waals surface area contributed by atoms with Crippen LogP contribution in [0.3, 0.4) is 0 Å². The van der Waals surface area contributed by atoms with Gasteiger partial charge in [0.2, 0.25) is 0 Å². The van der Waals surface area contributed by atoms with E-state index in [-0.39, 0.29) is 18.9 Å². The molecule has 10 nitrogen and oxygen atoms in total. The molecule has 0 saturated carbocycles. The molecule has 0 aromatic rings. The summed E-state index contributed by atoms with van der Waals surface area (Å²) in [4.78, 5) is 52.1. The summed E-state index contributed by atoms with van der Waals surface area (Å²) >= 11 is 0. The predicted molar refractivity (Wildman–Crippen MR) is 56.6 cm³/mol. The standard InChI is InChI=1S/C7H5BO10.Li.H/c1-2-3(9)16-8(17-6(14)4(10)11)18-7(15)5(12)13;;/h2H,1H2,(H,10,11)(H,12,13);;. The van der Waals surface area contributed by atoms with Crippen LogP contribution in [-0.2, 0) is 37.9 Å². The van der Waals surface area contributed by atoms with Gasteiger partial charge in [-0.1, -0.05) is 6.58 Å². The third-order valence-electron chi connectivity index (χ3n) is 1.13. The van der Waals surface area contributed by atoms with Crippen molar-refractivity contribution in [2.45, 2.75) is 0 Å². The van der Waals surface area contributed by atoms with Gasteiger partial charge in [-0.2, -0.15) is 0 Å². The second kappa shape index (κ2) is 8.79. The summed E-state index contributed by atoms with van der Waals surface area (Å²) in [7, 11) is -2.44. The average Bonchev–Trinajstić information content (AvgIpc) is 2.27. The molecular formula is C7H6BLiO10. The molecule has 12 heteroatoms. The third kappa shape index (κ3) is 7.64. The van der Waals surface area contributed by atoms with E-state index >= 15 is 0 Å². The van der Waals surface area contributed by atoms with Crippen molar-refractivity contribution in [2.24, 2.45) is 0 Å². The Morgan fingerprint density at radius 3 is 1.53 bits per heavy atom. The molecule has 0 saturated heterocycles. The van der Waals surface area contributed by atoms with Gasteiger partial charge in [-0.15, -0.1) is 0 Å². The molecule has 0 radical (unpaired) electrons. The summed E-state index contributed by atoms with van der Waals surface area (Å²) in [5.41, 5.74) is 0. The van der Waals surface area contributed by atoms with Crippen LogP contribution in [0.25, 0.3) is 0 Å². The Balaban J connectivity index is 0. The van der Waals surface area contributed by atoms with Crippen LogP contribution in [0.15, 0.2) is 12.7 Å². The molecule has 0 unspecified atom stereocenters. The van der Waals surface area contributed by atoms with Gasteiger partial charge < -0.3 is 24.2 Å². The Bertz CT molecular complexity index is 390. The van der Waals surface area contributed by atoms with Gasteiger partial charge >= 0.3 is 56.0 Å². The Labute approximate surface area is 117 Å². The van der Waals surface area contributed by atoms with Gasteiger partial charge in [0.05, 0.1) is 0 Å². The van der Waals surface area contributed by atoms with E-state index in [9.17, 15) is 24.0 Å². The van der Waals surface area contributed by atoms with Gasteiger partial charge in [0.25, 0.3) is 0 Å². The molecule has 0 atom stereocenters. The van der Waals surface area contributed by atoms with Crippen molar-refractivity contribution in [3.05, 3.63) is 12.7 Å². The maximum absolute atomic E-state index is 10.7. The van der Waals surface area contributed by atoms with Crippen molar-refractivity contribution in [3.8, 4) is 0 Å². The number of hydrogen-bond donors (Lipinski definition) is 2. The van der Waals surface area contributed by atoms with Gasteiger partial charge in [-0.05, 0) is 0 Å². The van der Waals surface area contributed by atoms with E-state index in [1.54, 1.807) is 0 Å². The van der Waals surface area contributed by atoms with Crippen LogP contribution in [0.2, 0.25) is 0 Å². The minimum atomic E-state index is -2.44. The van der Waals surface area contributed by atoms with Crippen LogP contribution >= 0.6 is 0 Å². The number of rotatable bonds is 4. The number of aliphatic carboxylic acids is 2. The topological polar surface area (TPSA) is 154 Å². The van der Waals surface area contributed by atoms with Crippen molar-refractivity contribution in [3.63, 3.8) is 0 Å². The summed E-state index contributed by atoms with van der Waals surface area (Å²) < 4.78 is 11.8. The molecule has 0 amide bonds. The van der Waals surface area contributed by atoms with Gasteiger partial charge in [0.15, 0.2) is 0 Å². The maximum atomic E-state index is 10.7. The van der Waals surface area contributed by atoms with E-state index in [2.05, 4.69) is 20.5 Å². The zero-order chi connectivity index (χ0) is 14.3. The molecule has 0 aliphatic rings. The van der Waals surface area contributed by atoms with E-state index in [0.29, 0.717) is 6.08 Å². The molecule has 0 aliphatic heterocycles. The Hall–Kier alpha value is -2.25. The number of carboxylic acid groups (broad SMARTS) is 2. The fourth-order valence-corrected chi connectivity index (χ4v) is 0.491. The summed E-state index contributed by atoms with van der Waals surface area (Å²) in [6.07, 6.45) is 0.580. The van der Waals surface area contributed by atoms with Gasteiger partial charge in [0, 0.05) is 6.08 Å². The summed E-state index contributed by atoms with van der Waals surface area (Å²) in [5.74, 6) is -9.22. The summed E-state index contributed by atoms with van der Waals surface area (Å²) in [6.45, 7) is 2.95. The number of carboxylic acids is 2. The normalized spacial score (nSPS) is 8.21. The fourth-order valence-electron chi connectivity index (χ4n) is 0.491. The van der Waals surface area contributed by atoms with Crippen molar-refractivity contribution < 1.29 is 48.1 Å². The predicted octanol–water partition coefficient (Wildman–Crippen LogP) is -2.69. The molecule has 0 aromatic carbocycles. The molecule has 0 aromatic heterocycles. The second-order valence-electron chi connectivity index (χ2n) is 2.35. The summed E-state index contributed by atoms with van der Waals surface area (Å²) in [6, 6.07) is 0. The van der Waals surface area contributed by atoms with E-state index in [1.807, 2.05) is 0 Å². The van der Waals surface area contributed by atoms with Crippen LogP contribution in [0.4, 0.5) is 0 Å². The Morgan fingerprint density at radius 1 is 0.895 bits per heavy atom. The van der Waals surface area contributed by atoms with Crippen LogP contribution in [0, 0.1) is 0 Å². The monoisotopic (exact) mass is 268 g/mol. The summed E-state index contributed by atoms with van der Waals surface area (Å²) in [5, 5.41) is 16.3. The molecule has 0 bridgehead atoms. The molecule has 19 heavy (non-hydrogen) atoms. The Morgan fingerprint density at radius 2 is 1.26 bits per heavy atom. The average molecular weight is 268 g/mol. The van der Waals surface area contributed by atoms with Crippen LogP contribution in [-0.4, -0.2) is 66.2 Å². The molecule has 2 N–H and O–H groups in total. The number of carbonyl (C=O) groups is 5. The van der Waals surface area contributed by atoms with Crippen molar-refractivity contribution in [1.29, 1.82) is 0 Å². The molecule has 0 heterocycles. The first kappa shape index (κ1) is 19.1. The molecule has 0 rings (SSSR count). The zero-order valence-corrected chi connectivity index (χ0v) is 8.52. The quantitative estimate of drug-likeness (QED) is 0.312. The van der Waals surface area contributed by atoms with Crippen LogP contribution in [0.5, 0.6) is 0 Å². The fraction of sp³-hybridized carbons (Fsp3) is 0. The molecule has 0 aliphatic carbocycles. The van der Waals surface area contributed by atoms with E-state index in [0.717, 1.165) is 0 Å². The first-order valence-electron chi connectivity index (χ1n) is 3.98. The van der Waals surface area contributed by atoms with Gasteiger partial charge in [0.1, 0.15) is 0 Å². The van der Waals surface area contributed by atoms with Crippen molar-refractivity contribution in [1.82, 2.24) is 0 Å². The Kier molecular flexibility index (Phi) is 8.83. The second-order valence-corrected chi connectivity index (χ2v) is 2.35. The molecular weight excluding hydrogens is 262 g/mol. The van der Waals surface area contributed by atoms with Crippen molar-refractivity contribution in [2.75, 3.05) is 0 Å². The van der Waals surface area contributed by atoms with Crippen LogP contribution < -0.4 is 0 Å². The van der Waals surface area contributed by atoms with E-state index < -0.39 is 37.2 Å². The number of carbonyl (C=O) groups excluding carboxylic acids is 3. The van der Waals surface area contributed by atoms with Crippen LogP contribution in [0.1, 0.15) is 0 Å². The van der Waals surface area contributed by atoms with Gasteiger partial charge in [-0.3, -0.25) is 0 Å². The zero-order valence-electron chi connectivity index (χ0n) is 8.52. The molecule has 0 fully saturated rings. The first-order chi connectivity index (χ1) is 8.27. The molecule has 0 spiro atoms. The van der Waals surface area contributed by atoms with Crippen molar-refractivity contribution >= 4 is 56.0 Å².